The summed E-state index contributed by atoms with van der Waals surface area (Å²) in [6.07, 6.45) is 0. The largest absolute Gasteiger partial charge is 0.482 e. The van der Waals surface area contributed by atoms with Gasteiger partial charge in [-0.3, -0.25) is 14.5 Å². The molecule has 0 spiro atoms. The Morgan fingerprint density at radius 2 is 1.87 bits per heavy atom. The molecule has 2 aromatic carbocycles. The first-order valence-electron chi connectivity index (χ1n) is 9.58. The average Bonchev–Trinajstić information content (AvgIpc) is 2.74. The van der Waals surface area contributed by atoms with Gasteiger partial charge in [0.25, 0.3) is 11.8 Å². The van der Waals surface area contributed by atoms with E-state index in [1.54, 1.807) is 36.4 Å². The van der Waals surface area contributed by atoms with Crippen LogP contribution >= 0.6 is 23.2 Å². The summed E-state index contributed by atoms with van der Waals surface area (Å²) < 4.78 is 10.8. The molecule has 0 radical (unpaired) electrons. The molecule has 0 saturated carbocycles. The van der Waals surface area contributed by atoms with Crippen molar-refractivity contribution in [3.8, 4) is 5.75 Å². The predicted octanol–water partition coefficient (Wildman–Crippen LogP) is 3.07. The number of hydrogen-bond acceptors (Lipinski definition) is 5. The number of rotatable bonds is 8. The SMILES string of the molecule is O=C(COc1ccc(Cl)cc1Cl)Nc1ccccc1C(=O)NCCN1CCOCC1. The summed E-state index contributed by atoms with van der Waals surface area (Å²) in [7, 11) is 0. The van der Waals surface area contributed by atoms with Crippen molar-refractivity contribution >= 4 is 40.7 Å². The van der Waals surface area contributed by atoms with Gasteiger partial charge in [-0.2, -0.15) is 0 Å². The fourth-order valence-corrected chi connectivity index (χ4v) is 3.42. The number of benzene rings is 2. The van der Waals surface area contributed by atoms with Gasteiger partial charge in [-0.25, -0.2) is 0 Å². The Balaban J connectivity index is 1.52. The Labute approximate surface area is 185 Å². The van der Waals surface area contributed by atoms with Crippen molar-refractivity contribution in [2.24, 2.45) is 0 Å². The molecule has 0 bridgehead atoms. The van der Waals surface area contributed by atoms with E-state index in [0.29, 0.717) is 46.8 Å². The summed E-state index contributed by atoms with van der Waals surface area (Å²) >= 11 is 11.9. The average molecular weight is 452 g/mol. The van der Waals surface area contributed by atoms with Gasteiger partial charge in [-0.15, -0.1) is 0 Å². The quantitative estimate of drug-likeness (QED) is 0.644. The van der Waals surface area contributed by atoms with Gasteiger partial charge in [0.15, 0.2) is 6.61 Å². The molecule has 0 atom stereocenters. The number of hydrogen-bond donors (Lipinski definition) is 2. The van der Waals surface area contributed by atoms with Gasteiger partial charge in [-0.1, -0.05) is 35.3 Å². The molecule has 2 N–H and O–H groups in total. The van der Waals surface area contributed by atoms with Gasteiger partial charge in [0.05, 0.1) is 29.5 Å². The van der Waals surface area contributed by atoms with Crippen LogP contribution in [-0.2, 0) is 9.53 Å². The Kier molecular flexibility index (Phi) is 8.33. The lowest BCUT2D eigenvalue weighted by molar-refractivity contribution is -0.118. The molecule has 1 aliphatic heterocycles. The molecule has 0 unspecified atom stereocenters. The molecule has 0 aromatic heterocycles. The molecule has 0 aliphatic carbocycles. The predicted molar refractivity (Wildman–Crippen MR) is 117 cm³/mol. The van der Waals surface area contributed by atoms with E-state index in [1.807, 2.05) is 0 Å². The van der Waals surface area contributed by atoms with Crippen LogP contribution in [0.1, 0.15) is 10.4 Å². The maximum Gasteiger partial charge on any atom is 0.262 e. The van der Waals surface area contributed by atoms with Crippen molar-refractivity contribution in [1.29, 1.82) is 0 Å². The molecule has 1 saturated heterocycles. The number of carbonyl (C=O) groups excluding carboxylic acids is 2. The molecule has 2 amide bonds. The van der Waals surface area contributed by atoms with Crippen LogP contribution in [0.4, 0.5) is 5.69 Å². The van der Waals surface area contributed by atoms with Crippen LogP contribution in [0, 0.1) is 0 Å². The standard InChI is InChI=1S/C21H23Cl2N3O4/c22-15-5-6-19(17(23)13-15)30-14-20(27)25-18-4-2-1-3-16(18)21(28)24-7-8-26-9-11-29-12-10-26/h1-6,13H,7-12,14H2,(H,24,28)(H,25,27). The van der Waals surface area contributed by atoms with Crippen LogP contribution in [0.2, 0.25) is 10.0 Å². The normalized spacial score (nSPS) is 14.2. The van der Waals surface area contributed by atoms with E-state index in [-0.39, 0.29) is 12.5 Å². The van der Waals surface area contributed by atoms with Crippen LogP contribution < -0.4 is 15.4 Å². The number of nitrogens with zero attached hydrogens (tertiary/aromatic N) is 1. The highest BCUT2D eigenvalue weighted by Gasteiger charge is 2.15. The second-order valence-corrected chi connectivity index (χ2v) is 7.51. The minimum atomic E-state index is -0.408. The van der Waals surface area contributed by atoms with E-state index < -0.39 is 5.91 Å². The van der Waals surface area contributed by atoms with Crippen LogP contribution in [-0.4, -0.2) is 62.7 Å². The molecule has 30 heavy (non-hydrogen) atoms. The van der Waals surface area contributed by atoms with Crippen LogP contribution in [0.3, 0.4) is 0 Å². The second kappa shape index (κ2) is 11.2. The molecule has 7 nitrogen and oxygen atoms in total. The number of amides is 2. The molecule has 1 fully saturated rings. The van der Waals surface area contributed by atoms with Gasteiger partial charge < -0.3 is 20.1 Å². The van der Waals surface area contributed by atoms with Crippen molar-refractivity contribution in [3.05, 3.63) is 58.1 Å². The summed E-state index contributed by atoms with van der Waals surface area (Å²) in [5, 5.41) is 6.40. The zero-order valence-corrected chi connectivity index (χ0v) is 17.8. The lowest BCUT2D eigenvalue weighted by Crippen LogP contribution is -2.41. The third kappa shape index (κ3) is 6.60. The van der Waals surface area contributed by atoms with E-state index in [2.05, 4.69) is 15.5 Å². The second-order valence-electron chi connectivity index (χ2n) is 6.67. The van der Waals surface area contributed by atoms with Crippen molar-refractivity contribution in [3.63, 3.8) is 0 Å². The number of carbonyl (C=O) groups is 2. The highest BCUT2D eigenvalue weighted by molar-refractivity contribution is 6.35. The summed E-state index contributed by atoms with van der Waals surface area (Å²) in [6, 6.07) is 11.6. The van der Waals surface area contributed by atoms with Gasteiger partial charge >= 0.3 is 0 Å². The number of nitrogens with one attached hydrogen (secondary N) is 2. The third-order valence-corrected chi connectivity index (χ3v) is 5.05. The topological polar surface area (TPSA) is 79.9 Å². The summed E-state index contributed by atoms with van der Waals surface area (Å²) in [6.45, 7) is 4.16. The maximum absolute atomic E-state index is 12.6. The highest BCUT2D eigenvalue weighted by atomic mass is 35.5. The lowest BCUT2D eigenvalue weighted by Gasteiger charge is -2.26. The number of morpholine rings is 1. The summed E-state index contributed by atoms with van der Waals surface area (Å²) in [4.78, 5) is 27.1. The summed E-state index contributed by atoms with van der Waals surface area (Å²) in [5.41, 5.74) is 0.800. The van der Waals surface area contributed by atoms with E-state index in [4.69, 9.17) is 32.7 Å². The van der Waals surface area contributed by atoms with Crippen molar-refractivity contribution in [2.45, 2.75) is 0 Å². The van der Waals surface area contributed by atoms with E-state index in [9.17, 15) is 9.59 Å². The first-order valence-corrected chi connectivity index (χ1v) is 10.3. The van der Waals surface area contributed by atoms with Gasteiger partial charge in [0.2, 0.25) is 0 Å². The highest BCUT2D eigenvalue weighted by Crippen LogP contribution is 2.27. The first-order chi connectivity index (χ1) is 14.5. The van der Waals surface area contributed by atoms with Crippen LogP contribution in [0.15, 0.2) is 42.5 Å². The summed E-state index contributed by atoms with van der Waals surface area (Å²) in [5.74, 6) is -0.305. The van der Waals surface area contributed by atoms with Gasteiger partial charge in [-0.05, 0) is 30.3 Å². The molecule has 3 rings (SSSR count). The Bertz CT molecular complexity index is 888. The fourth-order valence-electron chi connectivity index (χ4n) is 2.96. The Morgan fingerprint density at radius 3 is 2.63 bits per heavy atom. The van der Waals surface area contributed by atoms with Crippen molar-refractivity contribution in [2.75, 3.05) is 51.3 Å². The van der Waals surface area contributed by atoms with Gasteiger partial charge in [0, 0.05) is 31.2 Å². The number of halogens is 2. The maximum atomic E-state index is 12.6. The fraction of sp³-hybridized carbons (Fsp3) is 0.333. The van der Waals surface area contributed by atoms with Gasteiger partial charge in [0.1, 0.15) is 5.75 Å². The monoisotopic (exact) mass is 451 g/mol. The zero-order chi connectivity index (χ0) is 21.3. The number of anilines is 1. The van der Waals surface area contributed by atoms with E-state index in [1.165, 1.54) is 6.07 Å². The molecule has 1 heterocycles. The zero-order valence-electron chi connectivity index (χ0n) is 16.3. The number of ether oxygens (including phenoxy) is 2. The minimum absolute atomic E-state index is 0.249. The molecule has 9 heteroatoms. The van der Waals surface area contributed by atoms with E-state index in [0.717, 1.165) is 19.6 Å². The first kappa shape index (κ1) is 22.4. The molecular formula is C21H23Cl2N3O4. The Morgan fingerprint density at radius 1 is 1.10 bits per heavy atom. The molecule has 160 valence electrons. The third-order valence-electron chi connectivity index (χ3n) is 4.52. The molecular weight excluding hydrogens is 429 g/mol. The van der Waals surface area contributed by atoms with Crippen LogP contribution in [0.5, 0.6) is 5.75 Å². The Hall–Kier alpha value is -2.32. The van der Waals surface area contributed by atoms with Crippen molar-refractivity contribution in [1.82, 2.24) is 10.2 Å². The molecule has 1 aliphatic rings. The molecule has 2 aromatic rings. The minimum Gasteiger partial charge on any atom is -0.482 e. The number of para-hydroxylation sites is 1. The van der Waals surface area contributed by atoms with Crippen molar-refractivity contribution < 1.29 is 19.1 Å². The van der Waals surface area contributed by atoms with E-state index >= 15 is 0 Å². The lowest BCUT2D eigenvalue weighted by atomic mass is 10.1. The smallest absolute Gasteiger partial charge is 0.262 e. The van der Waals surface area contributed by atoms with Crippen LogP contribution in [0.25, 0.3) is 0 Å².